The van der Waals surface area contributed by atoms with Gasteiger partial charge in [0.1, 0.15) is 0 Å². The van der Waals surface area contributed by atoms with Crippen LogP contribution in [0.5, 0.6) is 0 Å². The molecule has 1 aromatic rings. The highest BCUT2D eigenvalue weighted by Gasteiger charge is 2.39. The van der Waals surface area contributed by atoms with E-state index in [9.17, 15) is 0 Å². The predicted molar refractivity (Wildman–Crippen MR) is 69.1 cm³/mol. The molecule has 17 heavy (non-hydrogen) atoms. The van der Waals surface area contributed by atoms with Gasteiger partial charge in [-0.1, -0.05) is 30.3 Å². The van der Waals surface area contributed by atoms with Crippen molar-refractivity contribution >= 4 is 0 Å². The number of nitrogens with zero attached hydrogens (tertiary/aromatic N) is 1. The van der Waals surface area contributed by atoms with Crippen molar-refractivity contribution < 1.29 is 0 Å². The molecule has 2 saturated heterocycles. The summed E-state index contributed by atoms with van der Waals surface area (Å²) in [5.74, 6) is 5.58. The first kappa shape index (κ1) is 11.2. The fourth-order valence-electron chi connectivity index (χ4n) is 3.46. The Balaban J connectivity index is 1.69. The van der Waals surface area contributed by atoms with Gasteiger partial charge >= 0.3 is 0 Å². The summed E-state index contributed by atoms with van der Waals surface area (Å²) >= 11 is 0. The third kappa shape index (κ3) is 2.23. The average molecular weight is 231 g/mol. The maximum atomic E-state index is 5.58. The van der Waals surface area contributed by atoms with E-state index >= 15 is 0 Å². The molecule has 0 aliphatic carbocycles. The van der Waals surface area contributed by atoms with Crippen molar-refractivity contribution in [1.29, 1.82) is 0 Å². The Hall–Kier alpha value is -0.900. The first-order valence-corrected chi connectivity index (χ1v) is 6.62. The monoisotopic (exact) mass is 231 g/mol. The van der Waals surface area contributed by atoms with E-state index < -0.39 is 0 Å². The van der Waals surface area contributed by atoms with Gasteiger partial charge in [-0.05, 0) is 31.2 Å². The molecule has 3 N–H and O–H groups in total. The smallest absolute Gasteiger partial charge is 0.0240 e. The zero-order valence-electron chi connectivity index (χ0n) is 10.2. The molecule has 1 unspecified atom stereocenters. The van der Waals surface area contributed by atoms with Gasteiger partial charge < -0.3 is 0 Å². The zero-order valence-corrected chi connectivity index (χ0v) is 10.2. The van der Waals surface area contributed by atoms with Crippen LogP contribution in [-0.4, -0.2) is 23.0 Å². The van der Waals surface area contributed by atoms with Gasteiger partial charge in [0.2, 0.25) is 0 Å². The summed E-state index contributed by atoms with van der Waals surface area (Å²) in [4.78, 5) is 2.68. The van der Waals surface area contributed by atoms with E-state index in [-0.39, 0.29) is 0 Å². The Morgan fingerprint density at radius 2 is 1.76 bits per heavy atom. The summed E-state index contributed by atoms with van der Waals surface area (Å²) < 4.78 is 0. The van der Waals surface area contributed by atoms with Gasteiger partial charge in [0.05, 0.1) is 0 Å². The lowest BCUT2D eigenvalue weighted by molar-refractivity contribution is 0.109. The largest absolute Gasteiger partial charge is 0.293 e. The predicted octanol–water partition coefficient (Wildman–Crippen LogP) is 1.65. The third-order valence-corrected chi connectivity index (χ3v) is 4.33. The number of hydrazine groups is 1. The fraction of sp³-hybridized carbons (Fsp3) is 0.571. The number of rotatable bonds is 3. The number of piperidine rings is 1. The molecule has 3 nitrogen and oxygen atoms in total. The highest BCUT2D eigenvalue weighted by molar-refractivity contribution is 5.15. The Kier molecular flexibility index (Phi) is 3.14. The van der Waals surface area contributed by atoms with Crippen LogP contribution in [0.25, 0.3) is 0 Å². The van der Waals surface area contributed by atoms with Gasteiger partial charge in [-0.15, -0.1) is 0 Å². The summed E-state index contributed by atoms with van der Waals surface area (Å²) in [7, 11) is 0. The SMILES string of the molecule is NNC1C[C@H]2CC[C@@H](C1)N2Cc1ccccc1. The summed E-state index contributed by atoms with van der Waals surface area (Å²) in [6, 6.07) is 12.8. The van der Waals surface area contributed by atoms with Crippen LogP contribution in [0.2, 0.25) is 0 Å². The summed E-state index contributed by atoms with van der Waals surface area (Å²) in [6.07, 6.45) is 5.10. The fourth-order valence-corrected chi connectivity index (χ4v) is 3.46. The van der Waals surface area contributed by atoms with Crippen molar-refractivity contribution in [2.24, 2.45) is 5.84 Å². The molecule has 0 saturated carbocycles. The summed E-state index contributed by atoms with van der Waals surface area (Å²) in [5, 5.41) is 0. The van der Waals surface area contributed by atoms with Crippen LogP contribution in [0, 0.1) is 0 Å². The normalized spacial score (nSPS) is 32.9. The number of fused-ring (bicyclic) bond motifs is 2. The molecule has 0 radical (unpaired) electrons. The lowest BCUT2D eigenvalue weighted by atomic mass is 9.97. The standard InChI is InChI=1S/C14H21N3/c15-16-12-8-13-6-7-14(9-12)17(13)10-11-4-2-1-3-5-11/h1-5,12-14,16H,6-10,15H2/t12?,13-,14+. The highest BCUT2D eigenvalue weighted by atomic mass is 15.3. The van der Waals surface area contributed by atoms with E-state index in [4.69, 9.17) is 5.84 Å². The number of nitrogens with one attached hydrogen (secondary N) is 1. The molecule has 1 aromatic carbocycles. The lowest BCUT2D eigenvalue weighted by Crippen LogP contribution is -2.50. The number of benzene rings is 1. The quantitative estimate of drug-likeness (QED) is 0.614. The molecule has 3 atom stereocenters. The molecule has 2 fully saturated rings. The maximum Gasteiger partial charge on any atom is 0.0240 e. The van der Waals surface area contributed by atoms with Gasteiger partial charge in [-0.3, -0.25) is 16.2 Å². The highest BCUT2D eigenvalue weighted by Crippen LogP contribution is 2.36. The average Bonchev–Trinajstić information content (AvgIpc) is 2.63. The van der Waals surface area contributed by atoms with Crippen LogP contribution < -0.4 is 11.3 Å². The Bertz CT molecular complexity index is 351. The third-order valence-electron chi connectivity index (χ3n) is 4.33. The van der Waals surface area contributed by atoms with Crippen molar-refractivity contribution in [3.8, 4) is 0 Å². The topological polar surface area (TPSA) is 41.3 Å². The van der Waals surface area contributed by atoms with Gasteiger partial charge in [0.25, 0.3) is 0 Å². The number of nitrogens with two attached hydrogens (primary N) is 1. The minimum Gasteiger partial charge on any atom is -0.293 e. The molecule has 2 aliphatic rings. The molecule has 0 aromatic heterocycles. The van der Waals surface area contributed by atoms with E-state index in [1.165, 1.54) is 31.2 Å². The van der Waals surface area contributed by atoms with Crippen LogP contribution >= 0.6 is 0 Å². The Morgan fingerprint density at radius 3 is 2.35 bits per heavy atom. The number of hydrogen-bond acceptors (Lipinski definition) is 3. The van der Waals surface area contributed by atoms with Crippen molar-refractivity contribution in [2.75, 3.05) is 0 Å². The first-order valence-electron chi connectivity index (χ1n) is 6.62. The van der Waals surface area contributed by atoms with Crippen molar-refractivity contribution in [3.63, 3.8) is 0 Å². The second-order valence-corrected chi connectivity index (χ2v) is 5.38. The van der Waals surface area contributed by atoms with E-state index in [0.29, 0.717) is 6.04 Å². The lowest BCUT2D eigenvalue weighted by Gasteiger charge is -2.38. The summed E-state index contributed by atoms with van der Waals surface area (Å²) in [5.41, 5.74) is 4.40. The number of hydrogen-bond donors (Lipinski definition) is 2. The van der Waals surface area contributed by atoms with E-state index in [2.05, 4.69) is 40.7 Å². The van der Waals surface area contributed by atoms with Gasteiger partial charge in [0, 0.05) is 24.7 Å². The van der Waals surface area contributed by atoms with Gasteiger partial charge in [0.15, 0.2) is 0 Å². The Morgan fingerprint density at radius 1 is 1.12 bits per heavy atom. The molecule has 3 heteroatoms. The van der Waals surface area contributed by atoms with Crippen molar-refractivity contribution in [3.05, 3.63) is 35.9 Å². The minimum atomic E-state index is 0.527. The van der Waals surface area contributed by atoms with Crippen LogP contribution in [0.1, 0.15) is 31.2 Å². The molecule has 0 spiro atoms. The van der Waals surface area contributed by atoms with Gasteiger partial charge in [-0.2, -0.15) is 0 Å². The van der Waals surface area contributed by atoms with Crippen LogP contribution in [-0.2, 0) is 6.54 Å². The van der Waals surface area contributed by atoms with Crippen molar-refractivity contribution in [2.45, 2.75) is 50.4 Å². The van der Waals surface area contributed by atoms with Crippen molar-refractivity contribution in [1.82, 2.24) is 10.3 Å². The van der Waals surface area contributed by atoms with Gasteiger partial charge in [-0.25, -0.2) is 0 Å². The van der Waals surface area contributed by atoms with Crippen LogP contribution in [0.4, 0.5) is 0 Å². The minimum absolute atomic E-state index is 0.527. The van der Waals surface area contributed by atoms with E-state index in [1.807, 2.05) is 0 Å². The van der Waals surface area contributed by atoms with Crippen LogP contribution in [0.3, 0.4) is 0 Å². The first-order chi connectivity index (χ1) is 8.36. The zero-order chi connectivity index (χ0) is 11.7. The second kappa shape index (κ2) is 4.77. The molecule has 2 aliphatic heterocycles. The Labute approximate surface area is 103 Å². The molecule has 92 valence electrons. The molecular weight excluding hydrogens is 210 g/mol. The molecule has 3 rings (SSSR count). The summed E-state index contributed by atoms with van der Waals surface area (Å²) in [6.45, 7) is 1.10. The van der Waals surface area contributed by atoms with E-state index in [1.54, 1.807) is 0 Å². The maximum absolute atomic E-state index is 5.58. The molecule has 2 bridgehead atoms. The van der Waals surface area contributed by atoms with E-state index in [0.717, 1.165) is 18.6 Å². The second-order valence-electron chi connectivity index (χ2n) is 5.38. The van der Waals surface area contributed by atoms with Crippen LogP contribution in [0.15, 0.2) is 30.3 Å². The molecule has 0 amide bonds. The molecular formula is C14H21N3. The molecule has 2 heterocycles.